The monoisotopic (exact) mass is 296 g/mol. The van der Waals surface area contributed by atoms with Crippen molar-refractivity contribution in [3.63, 3.8) is 0 Å². The molecule has 0 unspecified atom stereocenters. The Morgan fingerprint density at radius 2 is 2.30 bits per heavy atom. The van der Waals surface area contributed by atoms with Crippen LogP contribution in [0.3, 0.4) is 0 Å². The van der Waals surface area contributed by atoms with Crippen LogP contribution in [-0.4, -0.2) is 0 Å². The van der Waals surface area contributed by atoms with Crippen LogP contribution in [-0.2, 0) is 21.2 Å². The van der Waals surface area contributed by atoms with E-state index < -0.39 is 0 Å². The van der Waals surface area contributed by atoms with E-state index in [4.69, 9.17) is 0 Å². The van der Waals surface area contributed by atoms with Crippen LogP contribution in [0.25, 0.3) is 0 Å². The molecule has 1 aromatic carbocycles. The number of hydrogen-bond acceptors (Lipinski definition) is 0. The molecule has 50 valence electrons. The molecule has 0 nitrogen and oxygen atoms in total. The van der Waals surface area contributed by atoms with Crippen LogP contribution in [0.4, 0.5) is 0 Å². The number of aryl methyl sites for hydroxylation is 1. The van der Waals surface area contributed by atoms with E-state index in [0.717, 1.165) is 6.42 Å². The third kappa shape index (κ3) is 4.40. The van der Waals surface area contributed by atoms with Crippen molar-refractivity contribution in [1.82, 2.24) is 0 Å². The Morgan fingerprint density at radius 1 is 1.60 bits per heavy atom. The van der Waals surface area contributed by atoms with E-state index in [1.165, 1.54) is 20.4 Å². The third-order valence-electron chi connectivity index (χ3n) is 1.18. The van der Waals surface area contributed by atoms with Gasteiger partial charge in [-0.2, -0.15) is 35.9 Å². The summed E-state index contributed by atoms with van der Waals surface area (Å²) in [7, 11) is 0. The van der Waals surface area contributed by atoms with Gasteiger partial charge in [0.05, 0.1) is 0 Å². The molecule has 0 N–H and O–H groups in total. The molecule has 0 aromatic heterocycles. The Morgan fingerprint density at radius 3 is 2.60 bits per heavy atom. The maximum absolute atomic E-state index is 3.01. The van der Waals surface area contributed by atoms with Gasteiger partial charge in [-0.1, -0.05) is 13.3 Å². The SMILES string of the molecule is CCc1c[c-]ccc1.[Zn+][I]. The van der Waals surface area contributed by atoms with Crippen molar-refractivity contribution >= 4 is 19.8 Å². The number of hydrogen-bond donors (Lipinski definition) is 0. The van der Waals surface area contributed by atoms with Gasteiger partial charge in [-0.25, -0.2) is 0 Å². The predicted molar refractivity (Wildman–Crippen MR) is 48.7 cm³/mol. The first-order valence-electron chi connectivity index (χ1n) is 3.15. The summed E-state index contributed by atoms with van der Waals surface area (Å²) in [6.45, 7) is 2.14. The van der Waals surface area contributed by atoms with E-state index in [9.17, 15) is 0 Å². The summed E-state index contributed by atoms with van der Waals surface area (Å²) in [6.07, 6.45) is 1.11. The molecule has 0 saturated heterocycles. The normalized spacial score (nSPS) is 8.00. The summed E-state index contributed by atoms with van der Waals surface area (Å²) in [4.78, 5) is 0. The van der Waals surface area contributed by atoms with Crippen LogP contribution in [0.5, 0.6) is 0 Å². The van der Waals surface area contributed by atoms with Gasteiger partial charge in [0.15, 0.2) is 0 Å². The Balaban J connectivity index is 0.000000371. The second kappa shape index (κ2) is 7.68. The topological polar surface area (TPSA) is 0 Å². The zero-order chi connectivity index (χ0) is 7.82. The van der Waals surface area contributed by atoms with Crippen molar-refractivity contribution in [2.75, 3.05) is 0 Å². The maximum atomic E-state index is 3.01. The van der Waals surface area contributed by atoms with Crippen molar-refractivity contribution in [3.8, 4) is 0 Å². The first-order chi connectivity index (χ1) is 4.93. The van der Waals surface area contributed by atoms with Crippen molar-refractivity contribution in [2.24, 2.45) is 0 Å². The zero-order valence-corrected chi connectivity index (χ0v) is 11.2. The Bertz CT molecular complexity index is 151. The molecule has 0 radical (unpaired) electrons. The van der Waals surface area contributed by atoms with Crippen LogP contribution in [0.15, 0.2) is 24.3 Å². The van der Waals surface area contributed by atoms with Crippen molar-refractivity contribution < 1.29 is 14.8 Å². The van der Waals surface area contributed by atoms with E-state index in [2.05, 4.69) is 38.8 Å². The van der Waals surface area contributed by atoms with E-state index in [1.54, 1.807) is 0 Å². The number of rotatable bonds is 1. The van der Waals surface area contributed by atoms with Gasteiger partial charge in [-0.05, 0) is 0 Å². The standard InChI is InChI=1S/C8H9.HI.Zn/c1-2-8-6-4-3-5-7-8;;/h3-4,6-7H,2H2,1H3;1H;/q-1;;+2/p-1. The first-order valence-corrected chi connectivity index (χ1v) is 12.2. The van der Waals surface area contributed by atoms with E-state index in [0.29, 0.717) is 0 Å². The summed E-state index contributed by atoms with van der Waals surface area (Å²) in [5, 5.41) is 0. The fraction of sp³-hybridized carbons (Fsp3) is 0.250. The molecule has 10 heavy (non-hydrogen) atoms. The fourth-order valence-electron chi connectivity index (χ4n) is 0.650. The summed E-state index contributed by atoms with van der Waals surface area (Å²) in [6, 6.07) is 11.1. The zero-order valence-electron chi connectivity index (χ0n) is 6.10. The minimum absolute atomic E-state index is 1.11. The first kappa shape index (κ1) is 10.6. The summed E-state index contributed by atoms with van der Waals surface area (Å²) in [5.41, 5.74) is 1.35. The molecule has 0 aliphatic heterocycles. The average Bonchev–Trinajstić information content (AvgIpc) is 2.10. The number of halogens is 1. The molecule has 0 fully saturated rings. The van der Waals surface area contributed by atoms with Crippen molar-refractivity contribution in [1.29, 1.82) is 0 Å². The van der Waals surface area contributed by atoms with Crippen LogP contribution < -0.4 is 0 Å². The van der Waals surface area contributed by atoms with Gasteiger partial charge in [0.2, 0.25) is 0 Å². The van der Waals surface area contributed by atoms with Crippen molar-refractivity contribution in [2.45, 2.75) is 13.3 Å². The summed E-state index contributed by atoms with van der Waals surface area (Å²) in [5.74, 6) is 0. The van der Waals surface area contributed by atoms with Gasteiger partial charge in [-0.3, -0.25) is 0 Å². The van der Waals surface area contributed by atoms with Crippen LogP contribution in [0, 0.1) is 6.07 Å². The van der Waals surface area contributed by atoms with Gasteiger partial charge in [0.25, 0.3) is 0 Å². The second-order valence-corrected chi connectivity index (χ2v) is 1.77. The fourth-order valence-corrected chi connectivity index (χ4v) is 0.650. The third-order valence-corrected chi connectivity index (χ3v) is 1.18. The summed E-state index contributed by atoms with van der Waals surface area (Å²) >= 11 is 3.62. The van der Waals surface area contributed by atoms with E-state index in [1.807, 2.05) is 18.2 Å². The van der Waals surface area contributed by atoms with Crippen LogP contribution in [0.1, 0.15) is 12.5 Å². The molecule has 1 aromatic rings. The molecular weight excluding hydrogens is 288 g/mol. The van der Waals surface area contributed by atoms with Crippen molar-refractivity contribution in [3.05, 3.63) is 35.9 Å². The summed E-state index contributed by atoms with van der Waals surface area (Å²) < 4.78 is 0. The molecular formula is C8H9IZn. The molecule has 0 aliphatic carbocycles. The second-order valence-electron chi connectivity index (χ2n) is 1.77. The molecule has 0 atom stereocenters. The van der Waals surface area contributed by atoms with Crippen LogP contribution in [0.2, 0.25) is 0 Å². The van der Waals surface area contributed by atoms with Crippen LogP contribution >= 0.6 is 19.8 Å². The minimum atomic E-state index is 1.11. The molecule has 2 heteroatoms. The number of benzene rings is 1. The quantitative estimate of drug-likeness (QED) is 0.425. The molecule has 0 spiro atoms. The molecule has 0 bridgehead atoms. The van der Waals surface area contributed by atoms with Gasteiger partial charge in [0.1, 0.15) is 0 Å². The molecule has 0 aliphatic rings. The Kier molecular flexibility index (Phi) is 8.12. The molecule has 0 heterocycles. The van der Waals surface area contributed by atoms with Gasteiger partial charge < -0.3 is 0 Å². The van der Waals surface area contributed by atoms with E-state index in [-0.39, 0.29) is 0 Å². The molecule has 0 amide bonds. The average molecular weight is 297 g/mol. The van der Waals surface area contributed by atoms with Gasteiger partial charge >= 0.3 is 34.5 Å². The molecule has 0 saturated carbocycles. The van der Waals surface area contributed by atoms with E-state index >= 15 is 0 Å². The predicted octanol–water partition coefficient (Wildman–Crippen LogP) is 2.93. The van der Waals surface area contributed by atoms with Gasteiger partial charge in [-0.15, -0.1) is 0 Å². The Hall–Kier alpha value is 0.573. The molecule has 1 rings (SSSR count). The Labute approximate surface area is 83.3 Å². The van der Waals surface area contributed by atoms with Gasteiger partial charge in [0, 0.05) is 0 Å².